The number of hydrogen-bond donors (Lipinski definition) is 3. The first kappa shape index (κ1) is 16.3. The summed E-state index contributed by atoms with van der Waals surface area (Å²) in [7, 11) is 0. The van der Waals surface area contributed by atoms with E-state index in [0.717, 1.165) is 16.5 Å². The Morgan fingerprint density at radius 3 is 2.82 bits per heavy atom. The molecular weight excluding hydrogens is 280 g/mol. The van der Waals surface area contributed by atoms with Gasteiger partial charge >= 0.3 is 0 Å². The smallest absolute Gasteiger partial charge is 0.217 e. The van der Waals surface area contributed by atoms with Crippen molar-refractivity contribution in [1.82, 2.24) is 5.32 Å². The van der Waals surface area contributed by atoms with Gasteiger partial charge in [0.2, 0.25) is 5.91 Å². The van der Waals surface area contributed by atoms with Crippen molar-refractivity contribution >= 4 is 16.7 Å². The number of amides is 1. The Hall–Kier alpha value is -2.11. The minimum absolute atomic E-state index is 0.219. The summed E-state index contributed by atoms with van der Waals surface area (Å²) < 4.78 is 5.71. The molecule has 118 valence electrons. The van der Waals surface area contributed by atoms with E-state index in [2.05, 4.69) is 5.32 Å². The summed E-state index contributed by atoms with van der Waals surface area (Å²) in [6, 6.07) is 13.8. The van der Waals surface area contributed by atoms with E-state index in [1.807, 2.05) is 42.5 Å². The molecule has 0 aromatic heterocycles. The predicted octanol–water partition coefficient (Wildman–Crippen LogP) is 1.43. The second-order valence-corrected chi connectivity index (χ2v) is 5.22. The molecule has 0 spiro atoms. The van der Waals surface area contributed by atoms with Crippen LogP contribution >= 0.6 is 0 Å². The van der Waals surface area contributed by atoms with E-state index in [1.54, 1.807) is 0 Å². The summed E-state index contributed by atoms with van der Waals surface area (Å²) in [5.41, 5.74) is 5.06. The third-order valence-corrected chi connectivity index (χ3v) is 3.34. The average Bonchev–Trinajstić information content (AvgIpc) is 2.52. The lowest BCUT2D eigenvalue weighted by Gasteiger charge is -2.14. The van der Waals surface area contributed by atoms with Gasteiger partial charge in [-0.1, -0.05) is 36.4 Å². The van der Waals surface area contributed by atoms with E-state index >= 15 is 0 Å². The Labute approximate surface area is 130 Å². The first-order chi connectivity index (χ1) is 10.7. The summed E-state index contributed by atoms with van der Waals surface area (Å²) in [5.74, 6) is 0.465. The molecule has 2 rings (SSSR count). The quantitative estimate of drug-likeness (QED) is 0.612. The lowest BCUT2D eigenvalue weighted by molar-refractivity contribution is -0.118. The van der Waals surface area contributed by atoms with Crippen LogP contribution in [0.4, 0.5) is 0 Å². The van der Waals surface area contributed by atoms with Gasteiger partial charge in [0, 0.05) is 18.4 Å². The summed E-state index contributed by atoms with van der Waals surface area (Å²) >= 11 is 0. The largest absolute Gasteiger partial charge is 0.490 e. The van der Waals surface area contributed by atoms with Crippen LogP contribution in [0.5, 0.6) is 5.75 Å². The van der Waals surface area contributed by atoms with E-state index < -0.39 is 6.10 Å². The zero-order valence-electron chi connectivity index (χ0n) is 12.5. The van der Waals surface area contributed by atoms with Crippen molar-refractivity contribution in [3.05, 3.63) is 42.5 Å². The van der Waals surface area contributed by atoms with Crippen molar-refractivity contribution in [2.24, 2.45) is 5.73 Å². The third kappa shape index (κ3) is 5.02. The maximum absolute atomic E-state index is 10.6. The maximum atomic E-state index is 10.6. The monoisotopic (exact) mass is 302 g/mol. The fourth-order valence-corrected chi connectivity index (χ4v) is 2.22. The van der Waals surface area contributed by atoms with Crippen LogP contribution in [0.1, 0.15) is 12.8 Å². The van der Waals surface area contributed by atoms with Crippen LogP contribution in [-0.2, 0) is 4.79 Å². The third-order valence-electron chi connectivity index (χ3n) is 3.34. The summed E-state index contributed by atoms with van der Waals surface area (Å²) in [6.45, 7) is 1.29. The first-order valence-electron chi connectivity index (χ1n) is 7.44. The Bertz CT molecular complexity index is 610. The number of benzene rings is 2. The molecule has 0 aliphatic rings. The molecule has 1 atom stereocenters. The molecule has 4 N–H and O–H groups in total. The standard InChI is InChI=1S/C17H22N2O3/c18-17(21)9-4-10-19-11-14(20)12-22-16-8-3-6-13-5-1-2-7-15(13)16/h1-3,5-8,14,19-20H,4,9-12H2,(H2,18,21)/t14-/m0/s1. The van der Waals surface area contributed by atoms with Gasteiger partial charge in [-0.15, -0.1) is 0 Å². The van der Waals surface area contributed by atoms with Crippen molar-refractivity contribution in [1.29, 1.82) is 0 Å². The minimum Gasteiger partial charge on any atom is -0.490 e. The van der Waals surface area contributed by atoms with Crippen molar-refractivity contribution in [2.45, 2.75) is 18.9 Å². The van der Waals surface area contributed by atoms with Crippen LogP contribution in [0.3, 0.4) is 0 Å². The summed E-state index contributed by atoms with van der Waals surface area (Å²) in [5, 5.41) is 15.1. The molecule has 0 bridgehead atoms. The molecule has 5 nitrogen and oxygen atoms in total. The highest BCUT2D eigenvalue weighted by atomic mass is 16.5. The second-order valence-electron chi connectivity index (χ2n) is 5.22. The number of nitrogens with two attached hydrogens (primary N) is 1. The molecule has 0 aliphatic carbocycles. The summed E-state index contributed by atoms with van der Waals surface area (Å²) in [6.07, 6.45) is 0.425. The van der Waals surface area contributed by atoms with Crippen molar-refractivity contribution in [3.63, 3.8) is 0 Å². The highest BCUT2D eigenvalue weighted by Gasteiger charge is 2.07. The number of primary amides is 1. The van der Waals surface area contributed by atoms with Gasteiger partial charge in [0.05, 0.1) is 0 Å². The predicted molar refractivity (Wildman–Crippen MR) is 86.7 cm³/mol. The van der Waals surface area contributed by atoms with Gasteiger partial charge in [-0.2, -0.15) is 0 Å². The zero-order valence-corrected chi connectivity index (χ0v) is 12.5. The Morgan fingerprint density at radius 2 is 2.00 bits per heavy atom. The number of aliphatic hydroxyl groups is 1. The molecule has 0 aliphatic heterocycles. The molecule has 2 aromatic carbocycles. The maximum Gasteiger partial charge on any atom is 0.217 e. The van der Waals surface area contributed by atoms with Crippen LogP contribution in [0.2, 0.25) is 0 Å². The number of aliphatic hydroxyl groups excluding tert-OH is 1. The number of carbonyl (C=O) groups is 1. The van der Waals surface area contributed by atoms with E-state index in [0.29, 0.717) is 25.9 Å². The van der Waals surface area contributed by atoms with Crippen LogP contribution < -0.4 is 15.8 Å². The molecule has 2 aromatic rings. The molecule has 0 heterocycles. The number of nitrogens with one attached hydrogen (secondary N) is 1. The van der Waals surface area contributed by atoms with Gasteiger partial charge in [0.1, 0.15) is 18.5 Å². The minimum atomic E-state index is -0.604. The number of fused-ring (bicyclic) bond motifs is 1. The average molecular weight is 302 g/mol. The van der Waals surface area contributed by atoms with Crippen molar-refractivity contribution < 1.29 is 14.6 Å². The molecule has 0 radical (unpaired) electrons. The molecule has 5 heteroatoms. The van der Waals surface area contributed by atoms with Crippen molar-refractivity contribution in [3.8, 4) is 5.75 Å². The van der Waals surface area contributed by atoms with Crippen LogP contribution in [0.25, 0.3) is 10.8 Å². The SMILES string of the molecule is NC(=O)CCCNC[C@H](O)COc1cccc2ccccc12. The highest BCUT2D eigenvalue weighted by molar-refractivity contribution is 5.88. The van der Waals surface area contributed by atoms with Crippen LogP contribution in [-0.4, -0.2) is 36.8 Å². The van der Waals surface area contributed by atoms with E-state index in [-0.39, 0.29) is 12.5 Å². The van der Waals surface area contributed by atoms with Gasteiger partial charge in [-0.25, -0.2) is 0 Å². The van der Waals surface area contributed by atoms with Crippen LogP contribution in [0.15, 0.2) is 42.5 Å². The number of hydrogen-bond acceptors (Lipinski definition) is 4. The first-order valence-corrected chi connectivity index (χ1v) is 7.44. The van der Waals surface area contributed by atoms with E-state index in [9.17, 15) is 9.90 Å². The molecule has 0 fully saturated rings. The van der Waals surface area contributed by atoms with E-state index in [4.69, 9.17) is 10.5 Å². The Balaban J connectivity index is 1.76. The normalized spacial score (nSPS) is 12.2. The van der Waals surface area contributed by atoms with Crippen LogP contribution in [0, 0.1) is 0 Å². The second kappa shape index (κ2) is 8.36. The van der Waals surface area contributed by atoms with Gasteiger partial charge in [-0.05, 0) is 24.4 Å². The highest BCUT2D eigenvalue weighted by Crippen LogP contribution is 2.25. The van der Waals surface area contributed by atoms with E-state index in [1.165, 1.54) is 0 Å². The zero-order chi connectivity index (χ0) is 15.8. The van der Waals surface area contributed by atoms with Crippen molar-refractivity contribution in [2.75, 3.05) is 19.7 Å². The number of ether oxygens (including phenoxy) is 1. The van der Waals surface area contributed by atoms with Gasteiger partial charge in [0.25, 0.3) is 0 Å². The van der Waals surface area contributed by atoms with Gasteiger partial charge in [0.15, 0.2) is 0 Å². The molecule has 0 unspecified atom stereocenters. The fourth-order valence-electron chi connectivity index (χ4n) is 2.22. The summed E-state index contributed by atoms with van der Waals surface area (Å²) in [4.78, 5) is 10.6. The topological polar surface area (TPSA) is 84.6 Å². The number of rotatable bonds is 9. The molecule has 1 amide bonds. The molecule has 22 heavy (non-hydrogen) atoms. The number of carbonyl (C=O) groups excluding carboxylic acids is 1. The van der Waals surface area contributed by atoms with Gasteiger partial charge < -0.3 is 20.9 Å². The Kier molecular flexibility index (Phi) is 6.18. The lowest BCUT2D eigenvalue weighted by Crippen LogP contribution is -2.32. The molecule has 0 saturated heterocycles. The molecular formula is C17H22N2O3. The fraction of sp³-hybridized carbons (Fsp3) is 0.353. The lowest BCUT2D eigenvalue weighted by atomic mass is 10.1. The van der Waals surface area contributed by atoms with Gasteiger partial charge in [-0.3, -0.25) is 4.79 Å². The Morgan fingerprint density at radius 1 is 1.23 bits per heavy atom. The molecule has 0 saturated carbocycles.